The third-order valence-corrected chi connectivity index (χ3v) is 5.45. The molecule has 0 aliphatic carbocycles. The van der Waals surface area contributed by atoms with Gasteiger partial charge in [0.2, 0.25) is 5.91 Å². The van der Waals surface area contributed by atoms with Crippen LogP contribution < -0.4 is 0 Å². The van der Waals surface area contributed by atoms with Gasteiger partial charge in [-0.25, -0.2) is 0 Å². The minimum Gasteiger partial charge on any atom is -0.340 e. The number of likely N-dealkylation sites (tertiary alicyclic amines) is 1. The van der Waals surface area contributed by atoms with Crippen LogP contribution in [0.25, 0.3) is 0 Å². The van der Waals surface area contributed by atoms with E-state index in [-0.39, 0.29) is 5.91 Å². The van der Waals surface area contributed by atoms with Crippen molar-refractivity contribution in [3.05, 3.63) is 35.9 Å². The summed E-state index contributed by atoms with van der Waals surface area (Å²) in [6.07, 6.45) is 3.46. The molecule has 4 nitrogen and oxygen atoms in total. The van der Waals surface area contributed by atoms with Gasteiger partial charge in [0.1, 0.15) is 0 Å². The van der Waals surface area contributed by atoms with Gasteiger partial charge in [-0.05, 0) is 72.9 Å². The van der Waals surface area contributed by atoms with Crippen LogP contribution in [0, 0.1) is 0 Å². The van der Waals surface area contributed by atoms with Crippen LogP contribution in [0.1, 0.15) is 38.7 Å². The minimum absolute atomic E-state index is 0.255. The molecule has 0 radical (unpaired) electrons. The van der Waals surface area contributed by atoms with Crippen LogP contribution in [0.4, 0.5) is 0 Å². The van der Waals surface area contributed by atoms with Crippen molar-refractivity contribution >= 4 is 5.91 Å². The lowest BCUT2D eigenvalue weighted by Crippen LogP contribution is -2.53. The molecule has 1 fully saturated rings. The first-order valence-electron chi connectivity index (χ1n) is 9.52. The summed E-state index contributed by atoms with van der Waals surface area (Å²) >= 11 is 0. The van der Waals surface area contributed by atoms with Crippen molar-refractivity contribution in [3.63, 3.8) is 0 Å². The minimum atomic E-state index is -0.466. The molecule has 1 aliphatic rings. The van der Waals surface area contributed by atoms with Gasteiger partial charge in [-0.1, -0.05) is 30.3 Å². The van der Waals surface area contributed by atoms with Crippen LogP contribution >= 0.6 is 0 Å². The smallest absolute Gasteiger partial charge is 0.232 e. The molecule has 2 rings (SSSR count). The van der Waals surface area contributed by atoms with E-state index in [0.29, 0.717) is 6.04 Å². The predicted octanol–water partition coefficient (Wildman–Crippen LogP) is 2.84. The average molecular weight is 346 g/mol. The van der Waals surface area contributed by atoms with E-state index in [0.717, 1.165) is 38.2 Å². The Hall–Kier alpha value is -1.39. The van der Waals surface area contributed by atoms with E-state index >= 15 is 0 Å². The second kappa shape index (κ2) is 8.81. The highest BCUT2D eigenvalue weighted by Gasteiger charge is 2.36. The van der Waals surface area contributed by atoms with Gasteiger partial charge in [0.15, 0.2) is 0 Å². The zero-order valence-corrected chi connectivity index (χ0v) is 16.7. The largest absolute Gasteiger partial charge is 0.340 e. The SMILES string of the molecule is CN(C)CCCN(C)[C@H]1CCCN(C(=O)C(C)(C)c2ccccc2)C1. The summed E-state index contributed by atoms with van der Waals surface area (Å²) in [5.41, 5.74) is 0.633. The first-order chi connectivity index (χ1) is 11.8. The molecule has 1 aromatic carbocycles. The quantitative estimate of drug-likeness (QED) is 0.760. The number of benzene rings is 1. The molecule has 1 heterocycles. The molecule has 0 saturated carbocycles. The molecular formula is C21H35N3O. The van der Waals surface area contributed by atoms with Gasteiger partial charge < -0.3 is 14.7 Å². The van der Waals surface area contributed by atoms with Crippen molar-refractivity contribution in [1.29, 1.82) is 0 Å². The van der Waals surface area contributed by atoms with Crippen molar-refractivity contribution < 1.29 is 4.79 Å². The molecule has 0 unspecified atom stereocenters. The Kier molecular flexibility index (Phi) is 7.03. The molecule has 0 bridgehead atoms. The van der Waals surface area contributed by atoms with Crippen LogP contribution in [0.5, 0.6) is 0 Å². The fraction of sp³-hybridized carbons (Fsp3) is 0.667. The van der Waals surface area contributed by atoms with E-state index in [2.05, 4.69) is 61.8 Å². The Bertz CT molecular complexity index is 541. The summed E-state index contributed by atoms with van der Waals surface area (Å²) in [6, 6.07) is 10.6. The van der Waals surface area contributed by atoms with E-state index in [1.54, 1.807) is 0 Å². The highest BCUT2D eigenvalue weighted by Crippen LogP contribution is 2.27. The summed E-state index contributed by atoms with van der Waals surface area (Å²) in [5, 5.41) is 0. The Labute approximate surface area is 153 Å². The predicted molar refractivity (Wildman–Crippen MR) is 105 cm³/mol. The number of carbonyl (C=O) groups excluding carboxylic acids is 1. The van der Waals surface area contributed by atoms with Crippen LogP contribution in [-0.4, -0.2) is 74.0 Å². The molecule has 1 aromatic rings. The molecule has 1 saturated heterocycles. The Morgan fingerprint density at radius 2 is 1.84 bits per heavy atom. The Morgan fingerprint density at radius 1 is 1.16 bits per heavy atom. The molecule has 0 aromatic heterocycles. The standard InChI is InChI=1S/C21H35N3O/c1-21(2,18-11-7-6-8-12-18)20(25)24-16-9-13-19(17-24)23(5)15-10-14-22(3)4/h6-8,11-12,19H,9-10,13-17H2,1-5H3/t19-/m0/s1. The topological polar surface area (TPSA) is 26.8 Å². The van der Waals surface area contributed by atoms with Crippen molar-refractivity contribution in [2.75, 3.05) is 47.3 Å². The number of amides is 1. The molecule has 0 spiro atoms. The van der Waals surface area contributed by atoms with Gasteiger partial charge in [0.25, 0.3) is 0 Å². The van der Waals surface area contributed by atoms with E-state index in [4.69, 9.17) is 0 Å². The van der Waals surface area contributed by atoms with Crippen LogP contribution in [0.3, 0.4) is 0 Å². The first kappa shape index (κ1) is 19.9. The molecule has 25 heavy (non-hydrogen) atoms. The average Bonchev–Trinajstić information content (AvgIpc) is 2.61. The number of likely N-dealkylation sites (N-methyl/N-ethyl adjacent to an activating group) is 1. The third kappa shape index (κ3) is 5.29. The normalized spacial score (nSPS) is 18.8. The molecule has 140 valence electrons. The van der Waals surface area contributed by atoms with E-state index in [1.807, 2.05) is 18.2 Å². The summed E-state index contributed by atoms with van der Waals surface area (Å²) in [6.45, 7) is 8.04. The van der Waals surface area contributed by atoms with Gasteiger partial charge in [-0.2, -0.15) is 0 Å². The Balaban J connectivity index is 1.96. The molecule has 0 N–H and O–H groups in total. The number of carbonyl (C=O) groups is 1. The number of hydrogen-bond donors (Lipinski definition) is 0. The lowest BCUT2D eigenvalue weighted by Gasteiger charge is -2.41. The number of hydrogen-bond acceptors (Lipinski definition) is 3. The van der Waals surface area contributed by atoms with Gasteiger partial charge in [0.05, 0.1) is 5.41 Å². The van der Waals surface area contributed by atoms with Crippen molar-refractivity contribution in [2.24, 2.45) is 0 Å². The van der Waals surface area contributed by atoms with Crippen LogP contribution in [0.15, 0.2) is 30.3 Å². The van der Waals surface area contributed by atoms with Crippen molar-refractivity contribution in [2.45, 2.75) is 44.6 Å². The highest BCUT2D eigenvalue weighted by molar-refractivity contribution is 5.87. The molecule has 1 atom stereocenters. The van der Waals surface area contributed by atoms with Crippen LogP contribution in [0.2, 0.25) is 0 Å². The first-order valence-corrected chi connectivity index (χ1v) is 9.52. The van der Waals surface area contributed by atoms with Crippen LogP contribution in [-0.2, 0) is 10.2 Å². The summed E-state index contributed by atoms with van der Waals surface area (Å²) in [4.78, 5) is 20.0. The lowest BCUT2D eigenvalue weighted by molar-refractivity contribution is -0.138. The second-order valence-electron chi connectivity index (χ2n) is 8.18. The zero-order valence-electron chi connectivity index (χ0n) is 16.7. The number of nitrogens with zero attached hydrogens (tertiary/aromatic N) is 3. The summed E-state index contributed by atoms with van der Waals surface area (Å²) in [5.74, 6) is 0.255. The number of piperidine rings is 1. The van der Waals surface area contributed by atoms with Gasteiger partial charge >= 0.3 is 0 Å². The van der Waals surface area contributed by atoms with E-state index in [9.17, 15) is 4.79 Å². The maximum atomic E-state index is 13.2. The molecular weight excluding hydrogens is 310 g/mol. The number of rotatable bonds is 7. The highest BCUT2D eigenvalue weighted by atomic mass is 16.2. The maximum Gasteiger partial charge on any atom is 0.232 e. The van der Waals surface area contributed by atoms with Gasteiger partial charge in [-0.15, -0.1) is 0 Å². The van der Waals surface area contributed by atoms with E-state index < -0.39 is 5.41 Å². The molecule has 1 aliphatic heterocycles. The van der Waals surface area contributed by atoms with E-state index in [1.165, 1.54) is 12.8 Å². The molecule has 1 amide bonds. The fourth-order valence-corrected chi connectivity index (χ4v) is 3.69. The second-order valence-corrected chi connectivity index (χ2v) is 8.18. The van der Waals surface area contributed by atoms with Gasteiger partial charge in [0, 0.05) is 19.1 Å². The van der Waals surface area contributed by atoms with Gasteiger partial charge in [-0.3, -0.25) is 4.79 Å². The van der Waals surface area contributed by atoms with Crippen molar-refractivity contribution in [1.82, 2.24) is 14.7 Å². The Morgan fingerprint density at radius 3 is 2.48 bits per heavy atom. The summed E-state index contributed by atoms with van der Waals surface area (Å²) < 4.78 is 0. The zero-order chi connectivity index (χ0) is 18.4. The van der Waals surface area contributed by atoms with Crippen molar-refractivity contribution in [3.8, 4) is 0 Å². The molecule has 4 heteroatoms. The third-order valence-electron chi connectivity index (χ3n) is 5.45. The fourth-order valence-electron chi connectivity index (χ4n) is 3.69. The summed E-state index contributed by atoms with van der Waals surface area (Å²) in [7, 11) is 6.44. The lowest BCUT2D eigenvalue weighted by atomic mass is 9.82. The maximum absolute atomic E-state index is 13.2. The monoisotopic (exact) mass is 345 g/mol.